The Kier molecular flexibility index (Phi) is 14.2. The first-order valence-electron chi connectivity index (χ1n) is 12.3. The normalized spacial score (nSPS) is 12.0. The van der Waals surface area contributed by atoms with Crippen LogP contribution in [0.15, 0.2) is 35.3 Å². The zero-order valence-corrected chi connectivity index (χ0v) is 21.4. The lowest BCUT2D eigenvalue weighted by atomic mass is 10.0. The molecule has 9 nitrogen and oxygen atoms in total. The van der Waals surface area contributed by atoms with Gasteiger partial charge in [0.15, 0.2) is 11.6 Å². The monoisotopic (exact) mass is 489 g/mol. The van der Waals surface area contributed by atoms with Crippen LogP contribution >= 0.6 is 0 Å². The third kappa shape index (κ3) is 11.8. The van der Waals surface area contributed by atoms with E-state index in [9.17, 15) is 24.0 Å². The number of carbonyl (C=O) groups is 4. The molecule has 0 saturated heterocycles. The van der Waals surface area contributed by atoms with Crippen molar-refractivity contribution in [2.45, 2.75) is 72.4 Å². The average Bonchev–Trinajstić information content (AvgIpc) is 2.81. The van der Waals surface area contributed by atoms with Gasteiger partial charge in [-0.25, -0.2) is 4.79 Å². The van der Waals surface area contributed by atoms with E-state index < -0.39 is 12.0 Å². The molecule has 0 saturated carbocycles. The highest BCUT2D eigenvalue weighted by Crippen LogP contribution is 2.06. The molecule has 0 aliphatic carbocycles. The highest BCUT2D eigenvalue weighted by molar-refractivity contribution is 5.90. The zero-order valence-electron chi connectivity index (χ0n) is 21.4. The molecule has 0 fully saturated rings. The van der Waals surface area contributed by atoms with Crippen LogP contribution in [0.1, 0.15) is 58.9 Å². The van der Waals surface area contributed by atoms with Crippen LogP contribution in [0.4, 0.5) is 0 Å². The molecular formula is C26H39N3O6. The number of nitrogens with zero attached hydrogens (tertiary/aromatic N) is 2. The summed E-state index contributed by atoms with van der Waals surface area (Å²) in [5.41, 5.74) is -0.118. The Hall–Kier alpha value is -3.07. The number of esters is 1. The van der Waals surface area contributed by atoms with E-state index in [1.807, 2.05) is 0 Å². The Balaban J connectivity index is 2.77. The van der Waals surface area contributed by atoms with Gasteiger partial charge >= 0.3 is 5.97 Å². The zero-order chi connectivity index (χ0) is 26.2. The first-order chi connectivity index (χ1) is 16.7. The van der Waals surface area contributed by atoms with E-state index in [0.29, 0.717) is 12.8 Å². The number of aromatic nitrogens is 1. The summed E-state index contributed by atoms with van der Waals surface area (Å²) in [6.07, 6.45) is 6.02. The number of Topliss-reactive ketones (excluding diaryl/α,β-unsaturated/α-hetero) is 2. The third-order valence-electron chi connectivity index (χ3n) is 5.56. The Bertz CT molecular complexity index is 933. The van der Waals surface area contributed by atoms with Crippen LogP contribution in [0, 0.1) is 0 Å². The first-order valence-corrected chi connectivity index (χ1v) is 12.3. The van der Waals surface area contributed by atoms with Crippen LogP contribution in [-0.2, 0) is 36.9 Å². The smallest absolute Gasteiger partial charge is 0.330 e. The Labute approximate surface area is 207 Å². The lowest BCUT2D eigenvalue weighted by Crippen LogP contribution is -2.41. The van der Waals surface area contributed by atoms with Crippen molar-refractivity contribution in [2.75, 3.05) is 26.2 Å². The van der Waals surface area contributed by atoms with Gasteiger partial charge in [-0.3, -0.25) is 19.2 Å². The Morgan fingerprint density at radius 3 is 2.51 bits per heavy atom. The van der Waals surface area contributed by atoms with Gasteiger partial charge < -0.3 is 19.5 Å². The molecule has 0 aromatic carbocycles. The summed E-state index contributed by atoms with van der Waals surface area (Å²) in [5.74, 6) is -1.18. The molecule has 0 radical (unpaired) electrons. The molecule has 1 N–H and O–H groups in total. The van der Waals surface area contributed by atoms with E-state index >= 15 is 0 Å². The summed E-state index contributed by atoms with van der Waals surface area (Å²) in [5, 5.41) is 2.62. The number of ether oxygens (including phenoxy) is 1. The van der Waals surface area contributed by atoms with Crippen LogP contribution in [0.25, 0.3) is 0 Å². The second-order valence-electron chi connectivity index (χ2n) is 8.26. The van der Waals surface area contributed by atoms with E-state index in [-0.39, 0.29) is 54.6 Å². The van der Waals surface area contributed by atoms with Crippen molar-refractivity contribution < 1.29 is 23.9 Å². The van der Waals surface area contributed by atoms with E-state index in [2.05, 4.69) is 24.1 Å². The van der Waals surface area contributed by atoms with Gasteiger partial charge in [0.05, 0.1) is 19.2 Å². The van der Waals surface area contributed by atoms with Crippen molar-refractivity contribution >= 4 is 23.4 Å². The van der Waals surface area contributed by atoms with Crippen molar-refractivity contribution in [1.29, 1.82) is 0 Å². The highest BCUT2D eigenvalue weighted by atomic mass is 16.5. The van der Waals surface area contributed by atoms with E-state index in [1.54, 1.807) is 31.3 Å². The summed E-state index contributed by atoms with van der Waals surface area (Å²) in [6, 6.07) is 2.41. The molecule has 1 aromatic heterocycles. The van der Waals surface area contributed by atoms with Gasteiger partial charge in [-0.2, -0.15) is 0 Å². The van der Waals surface area contributed by atoms with E-state index in [1.165, 1.54) is 17.6 Å². The summed E-state index contributed by atoms with van der Waals surface area (Å²) in [4.78, 5) is 63.3. The van der Waals surface area contributed by atoms with Gasteiger partial charge in [-0.05, 0) is 51.9 Å². The van der Waals surface area contributed by atoms with Gasteiger partial charge in [0.1, 0.15) is 0 Å². The number of allylic oxidation sites excluding steroid dienone is 1. The predicted octanol–water partition coefficient (Wildman–Crippen LogP) is 2.06. The fourth-order valence-corrected chi connectivity index (χ4v) is 3.66. The minimum atomic E-state index is -0.797. The molecule has 0 aliphatic rings. The summed E-state index contributed by atoms with van der Waals surface area (Å²) in [7, 11) is 0. The van der Waals surface area contributed by atoms with Gasteiger partial charge in [-0.1, -0.05) is 26.0 Å². The molecule has 9 heteroatoms. The topological polar surface area (TPSA) is 115 Å². The van der Waals surface area contributed by atoms with Crippen molar-refractivity contribution in [3.63, 3.8) is 0 Å². The number of ketones is 2. The molecule has 0 aliphatic heterocycles. The lowest BCUT2D eigenvalue weighted by Gasteiger charge is -2.17. The third-order valence-corrected chi connectivity index (χ3v) is 5.56. The second kappa shape index (κ2) is 16.5. The Morgan fingerprint density at radius 2 is 1.89 bits per heavy atom. The number of hydrogen-bond acceptors (Lipinski definition) is 7. The van der Waals surface area contributed by atoms with Crippen molar-refractivity contribution in [1.82, 2.24) is 14.8 Å². The minimum absolute atomic E-state index is 0.0348. The quantitative estimate of drug-likeness (QED) is 0.263. The largest absolute Gasteiger partial charge is 0.463 e. The number of hydrogen-bond donors (Lipinski definition) is 1. The maximum atomic E-state index is 12.9. The lowest BCUT2D eigenvalue weighted by molar-refractivity contribution is -0.137. The standard InChI is InChI=1S/C26H39N3O6/c1-5-28(6-2)16-11-13-22(31)19-29-17-10-12-21(26(29)34)18-24(32)23(27-20(4)30)14-8-9-15-25(33)35-7-3/h9-10,12,15,17,23H,5-8,11,13-14,16,18-19H2,1-4H3,(H,27,30)/b15-9+/t23-/m0/s1. The van der Waals surface area contributed by atoms with Crippen LogP contribution in [0.2, 0.25) is 0 Å². The maximum Gasteiger partial charge on any atom is 0.330 e. The van der Waals surface area contributed by atoms with Crippen molar-refractivity contribution in [3.05, 3.63) is 46.4 Å². The van der Waals surface area contributed by atoms with Crippen molar-refractivity contribution in [2.24, 2.45) is 0 Å². The SMILES string of the molecule is CCOC(=O)/C=C/CC[C@H](NC(C)=O)C(=O)Cc1cccn(CC(=O)CCCN(CC)CC)c1=O. The fraction of sp³-hybridized carbons (Fsp3) is 0.577. The van der Waals surface area contributed by atoms with Gasteiger partial charge in [0.25, 0.3) is 5.56 Å². The molecule has 0 spiro atoms. The van der Waals surface area contributed by atoms with Crippen molar-refractivity contribution in [3.8, 4) is 0 Å². The molecule has 35 heavy (non-hydrogen) atoms. The number of amides is 1. The second-order valence-corrected chi connectivity index (χ2v) is 8.26. The number of nitrogens with one attached hydrogen (secondary N) is 1. The van der Waals surface area contributed by atoms with Crippen LogP contribution in [0.3, 0.4) is 0 Å². The highest BCUT2D eigenvalue weighted by Gasteiger charge is 2.20. The summed E-state index contributed by atoms with van der Waals surface area (Å²) < 4.78 is 6.14. The molecule has 0 unspecified atom stereocenters. The number of pyridine rings is 1. The molecule has 194 valence electrons. The Morgan fingerprint density at radius 1 is 1.17 bits per heavy atom. The molecule has 1 rings (SSSR count). The van der Waals surface area contributed by atoms with Crippen LogP contribution in [0.5, 0.6) is 0 Å². The first kappa shape index (κ1) is 30.0. The van der Waals surface area contributed by atoms with Gasteiger partial charge in [0.2, 0.25) is 5.91 Å². The number of rotatable bonds is 17. The van der Waals surface area contributed by atoms with E-state index in [0.717, 1.165) is 26.1 Å². The molecule has 1 heterocycles. The van der Waals surface area contributed by atoms with Crippen LogP contribution < -0.4 is 10.9 Å². The molecule has 1 atom stereocenters. The molecule has 0 bridgehead atoms. The molecule has 1 aromatic rings. The maximum absolute atomic E-state index is 12.9. The summed E-state index contributed by atoms with van der Waals surface area (Å²) >= 11 is 0. The summed E-state index contributed by atoms with van der Waals surface area (Å²) in [6.45, 7) is 10.1. The fourth-order valence-electron chi connectivity index (χ4n) is 3.66. The van der Waals surface area contributed by atoms with E-state index in [4.69, 9.17) is 4.74 Å². The number of carbonyl (C=O) groups excluding carboxylic acids is 4. The molecule has 1 amide bonds. The minimum Gasteiger partial charge on any atom is -0.463 e. The molecular weight excluding hydrogens is 450 g/mol. The van der Waals surface area contributed by atoms with Gasteiger partial charge in [0, 0.05) is 37.6 Å². The predicted molar refractivity (Wildman–Crippen MR) is 134 cm³/mol. The van der Waals surface area contributed by atoms with Gasteiger partial charge in [-0.15, -0.1) is 0 Å². The van der Waals surface area contributed by atoms with Crippen LogP contribution in [-0.4, -0.2) is 65.2 Å². The average molecular weight is 490 g/mol.